The van der Waals surface area contributed by atoms with Crippen LogP contribution in [0.2, 0.25) is 0 Å². The van der Waals surface area contributed by atoms with Crippen LogP contribution in [-0.4, -0.2) is 37.5 Å². The average molecular weight is 433 g/mol. The standard InChI is InChI=1S/C20H21BrN2O4/c21-17-10-8-16(9-11-17)20(26)23-13-19(25)27-14-18(24)22-12-4-7-15-5-2-1-3-6-15/h1-3,5-6,8-11H,4,7,12-14H2,(H,22,24)(H,23,26). The molecule has 0 fully saturated rings. The van der Waals surface area contributed by atoms with Crippen molar-refractivity contribution in [3.05, 3.63) is 70.2 Å². The van der Waals surface area contributed by atoms with Gasteiger partial charge in [0, 0.05) is 16.6 Å². The highest BCUT2D eigenvalue weighted by Crippen LogP contribution is 2.10. The molecule has 0 saturated heterocycles. The van der Waals surface area contributed by atoms with Crippen LogP contribution in [0.25, 0.3) is 0 Å². The van der Waals surface area contributed by atoms with Gasteiger partial charge < -0.3 is 15.4 Å². The fourth-order valence-electron chi connectivity index (χ4n) is 2.27. The van der Waals surface area contributed by atoms with Crippen molar-refractivity contribution in [2.45, 2.75) is 12.8 Å². The molecule has 0 radical (unpaired) electrons. The molecular formula is C20H21BrN2O4. The first-order valence-electron chi connectivity index (χ1n) is 8.54. The summed E-state index contributed by atoms with van der Waals surface area (Å²) in [6.07, 6.45) is 1.66. The molecular weight excluding hydrogens is 412 g/mol. The normalized spacial score (nSPS) is 10.1. The van der Waals surface area contributed by atoms with E-state index in [2.05, 4.69) is 26.6 Å². The van der Waals surface area contributed by atoms with E-state index in [1.807, 2.05) is 30.3 Å². The van der Waals surface area contributed by atoms with Gasteiger partial charge in [0.05, 0.1) is 0 Å². The van der Waals surface area contributed by atoms with Crippen LogP contribution >= 0.6 is 15.9 Å². The maximum Gasteiger partial charge on any atom is 0.325 e. The second-order valence-corrected chi connectivity index (χ2v) is 6.71. The Morgan fingerprint density at radius 3 is 2.33 bits per heavy atom. The number of esters is 1. The van der Waals surface area contributed by atoms with E-state index in [1.165, 1.54) is 5.56 Å². The summed E-state index contributed by atoms with van der Waals surface area (Å²) in [6, 6.07) is 16.7. The predicted octanol–water partition coefficient (Wildman–Crippen LogP) is 2.47. The zero-order chi connectivity index (χ0) is 19.5. The number of hydrogen-bond donors (Lipinski definition) is 2. The number of carbonyl (C=O) groups excluding carboxylic acids is 3. The average Bonchev–Trinajstić information content (AvgIpc) is 2.69. The highest BCUT2D eigenvalue weighted by Gasteiger charge is 2.10. The van der Waals surface area contributed by atoms with Gasteiger partial charge in [-0.15, -0.1) is 0 Å². The molecule has 0 atom stereocenters. The SMILES string of the molecule is O=C(COC(=O)CNC(=O)c1ccc(Br)cc1)NCCCc1ccccc1. The minimum atomic E-state index is -0.667. The topological polar surface area (TPSA) is 84.5 Å². The first kappa shape index (κ1) is 20.6. The van der Waals surface area contributed by atoms with Gasteiger partial charge in [0.2, 0.25) is 0 Å². The fourth-order valence-corrected chi connectivity index (χ4v) is 2.53. The number of hydrogen-bond acceptors (Lipinski definition) is 4. The van der Waals surface area contributed by atoms with E-state index in [4.69, 9.17) is 4.74 Å². The van der Waals surface area contributed by atoms with Gasteiger partial charge in [0.15, 0.2) is 6.61 Å². The Morgan fingerprint density at radius 1 is 0.926 bits per heavy atom. The van der Waals surface area contributed by atoms with Crippen LogP contribution in [0.3, 0.4) is 0 Å². The van der Waals surface area contributed by atoms with Crippen molar-refractivity contribution >= 4 is 33.7 Å². The summed E-state index contributed by atoms with van der Waals surface area (Å²) in [5.41, 5.74) is 1.64. The number of aryl methyl sites for hydroxylation is 1. The first-order chi connectivity index (χ1) is 13.0. The molecule has 0 bridgehead atoms. The van der Waals surface area contributed by atoms with E-state index in [0.717, 1.165) is 17.3 Å². The van der Waals surface area contributed by atoms with Gasteiger partial charge in [-0.2, -0.15) is 0 Å². The lowest BCUT2D eigenvalue weighted by atomic mass is 10.1. The monoisotopic (exact) mass is 432 g/mol. The van der Waals surface area contributed by atoms with Crippen molar-refractivity contribution < 1.29 is 19.1 Å². The summed E-state index contributed by atoms with van der Waals surface area (Å²) in [7, 11) is 0. The van der Waals surface area contributed by atoms with E-state index in [0.29, 0.717) is 12.1 Å². The number of benzene rings is 2. The van der Waals surface area contributed by atoms with Crippen LogP contribution in [0.5, 0.6) is 0 Å². The van der Waals surface area contributed by atoms with Crippen LogP contribution in [0.15, 0.2) is 59.1 Å². The van der Waals surface area contributed by atoms with E-state index in [9.17, 15) is 14.4 Å². The molecule has 142 valence electrons. The van der Waals surface area contributed by atoms with Crippen LogP contribution < -0.4 is 10.6 Å². The molecule has 0 aliphatic heterocycles. The molecule has 0 spiro atoms. The van der Waals surface area contributed by atoms with Gasteiger partial charge in [-0.05, 0) is 42.7 Å². The number of rotatable bonds is 9. The molecule has 27 heavy (non-hydrogen) atoms. The molecule has 7 heteroatoms. The number of ether oxygens (including phenoxy) is 1. The number of amides is 2. The van der Waals surface area contributed by atoms with Crippen LogP contribution in [0, 0.1) is 0 Å². The Kier molecular flexibility index (Phi) is 8.51. The smallest absolute Gasteiger partial charge is 0.325 e. The Labute approximate surface area is 166 Å². The molecule has 2 aromatic carbocycles. The summed E-state index contributed by atoms with van der Waals surface area (Å²) in [5.74, 6) is -1.42. The zero-order valence-electron chi connectivity index (χ0n) is 14.7. The van der Waals surface area contributed by atoms with Crippen molar-refractivity contribution in [3.63, 3.8) is 0 Å². The van der Waals surface area contributed by atoms with Crippen molar-refractivity contribution in [3.8, 4) is 0 Å². The Morgan fingerprint density at radius 2 is 1.63 bits per heavy atom. The van der Waals surface area contributed by atoms with E-state index in [1.54, 1.807) is 24.3 Å². The maximum absolute atomic E-state index is 11.9. The Hall–Kier alpha value is -2.67. The van der Waals surface area contributed by atoms with Gasteiger partial charge >= 0.3 is 5.97 Å². The second kappa shape index (κ2) is 11.1. The number of nitrogens with one attached hydrogen (secondary N) is 2. The zero-order valence-corrected chi connectivity index (χ0v) is 16.3. The third kappa shape index (κ3) is 8.04. The van der Waals surface area contributed by atoms with Crippen LogP contribution in [0.1, 0.15) is 22.3 Å². The van der Waals surface area contributed by atoms with Crippen molar-refractivity contribution in [2.24, 2.45) is 0 Å². The minimum absolute atomic E-state index is 0.295. The highest BCUT2D eigenvalue weighted by atomic mass is 79.9. The molecule has 6 nitrogen and oxygen atoms in total. The lowest BCUT2D eigenvalue weighted by Gasteiger charge is -2.08. The lowest BCUT2D eigenvalue weighted by Crippen LogP contribution is -2.34. The van der Waals surface area contributed by atoms with Crippen LogP contribution in [-0.2, 0) is 20.7 Å². The molecule has 2 N–H and O–H groups in total. The summed E-state index contributed by atoms with van der Waals surface area (Å²) < 4.78 is 5.71. The molecule has 2 amide bonds. The Balaban J connectivity index is 1.57. The third-order valence-corrected chi connectivity index (χ3v) is 4.20. The molecule has 0 aliphatic rings. The third-order valence-electron chi connectivity index (χ3n) is 3.67. The van der Waals surface area contributed by atoms with Gasteiger partial charge in [0.1, 0.15) is 6.54 Å². The molecule has 2 aromatic rings. The Bertz CT molecular complexity index is 763. The second-order valence-electron chi connectivity index (χ2n) is 5.79. The summed E-state index contributed by atoms with van der Waals surface area (Å²) >= 11 is 3.28. The van der Waals surface area contributed by atoms with Gasteiger partial charge in [-0.25, -0.2) is 0 Å². The highest BCUT2D eigenvalue weighted by molar-refractivity contribution is 9.10. The van der Waals surface area contributed by atoms with Gasteiger partial charge in [-0.3, -0.25) is 14.4 Å². The van der Waals surface area contributed by atoms with Crippen molar-refractivity contribution in [1.29, 1.82) is 0 Å². The van der Waals surface area contributed by atoms with E-state index in [-0.39, 0.29) is 25.0 Å². The predicted molar refractivity (Wildman–Crippen MR) is 105 cm³/mol. The molecule has 0 aromatic heterocycles. The summed E-state index contributed by atoms with van der Waals surface area (Å²) in [4.78, 5) is 35.2. The van der Waals surface area contributed by atoms with Crippen molar-refractivity contribution in [2.75, 3.05) is 19.7 Å². The fraction of sp³-hybridized carbons (Fsp3) is 0.250. The molecule has 0 heterocycles. The maximum atomic E-state index is 11.9. The van der Waals surface area contributed by atoms with E-state index < -0.39 is 5.97 Å². The number of carbonyl (C=O) groups is 3. The van der Waals surface area contributed by atoms with Gasteiger partial charge in [-0.1, -0.05) is 46.3 Å². The first-order valence-corrected chi connectivity index (χ1v) is 9.34. The summed E-state index contributed by atoms with van der Waals surface area (Å²) in [6.45, 7) is -0.153. The minimum Gasteiger partial charge on any atom is -0.454 e. The lowest BCUT2D eigenvalue weighted by molar-refractivity contribution is -0.147. The molecule has 0 unspecified atom stereocenters. The van der Waals surface area contributed by atoms with E-state index >= 15 is 0 Å². The molecule has 0 saturated carbocycles. The molecule has 0 aliphatic carbocycles. The summed E-state index contributed by atoms with van der Waals surface area (Å²) in [5, 5.41) is 5.15. The van der Waals surface area contributed by atoms with Crippen LogP contribution in [0.4, 0.5) is 0 Å². The number of halogens is 1. The van der Waals surface area contributed by atoms with Gasteiger partial charge in [0.25, 0.3) is 11.8 Å². The van der Waals surface area contributed by atoms with Crippen molar-refractivity contribution in [1.82, 2.24) is 10.6 Å². The quantitative estimate of drug-likeness (QED) is 0.470. The largest absolute Gasteiger partial charge is 0.454 e. The molecule has 2 rings (SSSR count).